The number of thiazole rings is 1. The SMILES string of the molecule is COc1ccc2nc(NC(=O)c3ccccc3OC(C)=O)sc2c1. The van der Waals surface area contributed by atoms with Crippen LogP contribution in [0.25, 0.3) is 10.2 Å². The van der Waals surface area contributed by atoms with E-state index >= 15 is 0 Å². The zero-order chi connectivity index (χ0) is 17.1. The van der Waals surface area contributed by atoms with Gasteiger partial charge in [0.2, 0.25) is 0 Å². The van der Waals surface area contributed by atoms with Gasteiger partial charge >= 0.3 is 5.97 Å². The monoisotopic (exact) mass is 342 g/mol. The summed E-state index contributed by atoms with van der Waals surface area (Å²) in [5.74, 6) is 0.0645. The van der Waals surface area contributed by atoms with Crippen molar-refractivity contribution < 1.29 is 19.1 Å². The number of para-hydroxylation sites is 1. The van der Waals surface area contributed by atoms with E-state index in [-0.39, 0.29) is 11.3 Å². The standard InChI is InChI=1S/C17H14N2O4S/c1-10(20)23-14-6-4-3-5-12(14)16(21)19-17-18-13-8-7-11(22-2)9-15(13)24-17/h3-9H,1-2H3,(H,18,19,21). The molecule has 0 fully saturated rings. The van der Waals surface area contributed by atoms with Crippen molar-refractivity contribution >= 4 is 38.6 Å². The van der Waals surface area contributed by atoms with Crippen molar-refractivity contribution in [1.82, 2.24) is 4.98 Å². The Kier molecular flexibility index (Phi) is 4.43. The molecule has 2 aromatic carbocycles. The number of carbonyl (C=O) groups excluding carboxylic acids is 2. The van der Waals surface area contributed by atoms with Crippen molar-refractivity contribution in [3.8, 4) is 11.5 Å². The molecule has 0 spiro atoms. The largest absolute Gasteiger partial charge is 0.497 e. The number of rotatable bonds is 4. The van der Waals surface area contributed by atoms with Gasteiger partial charge < -0.3 is 9.47 Å². The van der Waals surface area contributed by atoms with Gasteiger partial charge in [0.15, 0.2) is 5.13 Å². The lowest BCUT2D eigenvalue weighted by Gasteiger charge is -2.07. The molecule has 0 bridgehead atoms. The molecule has 1 N–H and O–H groups in total. The van der Waals surface area contributed by atoms with Gasteiger partial charge in [-0.15, -0.1) is 0 Å². The second-order valence-corrected chi connectivity index (χ2v) is 5.93. The van der Waals surface area contributed by atoms with Gasteiger partial charge in [0.25, 0.3) is 5.91 Å². The number of anilines is 1. The number of aromatic nitrogens is 1. The lowest BCUT2D eigenvalue weighted by Crippen LogP contribution is -2.14. The Morgan fingerprint density at radius 1 is 1.17 bits per heavy atom. The molecule has 7 heteroatoms. The molecule has 0 atom stereocenters. The molecule has 6 nitrogen and oxygen atoms in total. The molecule has 0 aliphatic rings. The van der Waals surface area contributed by atoms with Gasteiger partial charge in [-0.2, -0.15) is 0 Å². The average Bonchev–Trinajstić information content (AvgIpc) is 2.95. The van der Waals surface area contributed by atoms with Crippen molar-refractivity contribution in [2.24, 2.45) is 0 Å². The van der Waals surface area contributed by atoms with Crippen LogP contribution in [0.1, 0.15) is 17.3 Å². The van der Waals surface area contributed by atoms with Crippen molar-refractivity contribution in [2.45, 2.75) is 6.92 Å². The molecule has 0 unspecified atom stereocenters. The maximum Gasteiger partial charge on any atom is 0.308 e. The van der Waals surface area contributed by atoms with Crippen LogP contribution in [0, 0.1) is 0 Å². The molecule has 0 saturated heterocycles. The fraction of sp³-hybridized carbons (Fsp3) is 0.118. The van der Waals surface area contributed by atoms with E-state index in [1.165, 1.54) is 18.3 Å². The zero-order valence-corrected chi connectivity index (χ0v) is 13.8. The Hall–Kier alpha value is -2.93. The summed E-state index contributed by atoms with van der Waals surface area (Å²) in [7, 11) is 1.59. The van der Waals surface area contributed by atoms with Gasteiger partial charge in [-0.25, -0.2) is 4.98 Å². The molecule has 1 aromatic heterocycles. The molecule has 3 rings (SSSR count). The summed E-state index contributed by atoms with van der Waals surface area (Å²) in [5, 5.41) is 3.19. The molecular weight excluding hydrogens is 328 g/mol. The number of benzene rings is 2. The summed E-state index contributed by atoms with van der Waals surface area (Å²) in [6.07, 6.45) is 0. The predicted octanol–water partition coefficient (Wildman–Crippen LogP) is 3.48. The molecule has 1 heterocycles. The molecule has 0 aliphatic carbocycles. The van der Waals surface area contributed by atoms with Crippen molar-refractivity contribution in [1.29, 1.82) is 0 Å². The average molecular weight is 342 g/mol. The minimum atomic E-state index is -0.484. The Morgan fingerprint density at radius 2 is 1.96 bits per heavy atom. The first kappa shape index (κ1) is 15.9. The highest BCUT2D eigenvalue weighted by Crippen LogP contribution is 2.30. The number of esters is 1. The third-order valence-electron chi connectivity index (χ3n) is 3.20. The molecule has 122 valence electrons. The highest BCUT2D eigenvalue weighted by Gasteiger charge is 2.15. The summed E-state index contributed by atoms with van der Waals surface area (Å²) in [4.78, 5) is 28.0. The Morgan fingerprint density at radius 3 is 2.71 bits per heavy atom. The van der Waals surface area contributed by atoms with Crippen molar-refractivity contribution in [3.05, 3.63) is 48.0 Å². The quantitative estimate of drug-likeness (QED) is 0.580. The minimum Gasteiger partial charge on any atom is -0.497 e. The van der Waals surface area contributed by atoms with Crippen molar-refractivity contribution in [3.63, 3.8) is 0 Å². The van der Waals surface area contributed by atoms with Gasteiger partial charge in [0.1, 0.15) is 11.5 Å². The number of nitrogens with one attached hydrogen (secondary N) is 1. The number of hydrogen-bond acceptors (Lipinski definition) is 6. The first-order valence-corrected chi connectivity index (χ1v) is 7.92. The van der Waals surface area contributed by atoms with E-state index in [2.05, 4.69) is 10.3 Å². The van der Waals surface area contributed by atoms with E-state index in [9.17, 15) is 9.59 Å². The molecule has 1 amide bonds. The fourth-order valence-corrected chi connectivity index (χ4v) is 3.04. The highest BCUT2D eigenvalue weighted by atomic mass is 32.1. The van der Waals surface area contributed by atoms with E-state index in [0.717, 1.165) is 16.0 Å². The van der Waals surface area contributed by atoms with E-state index in [1.54, 1.807) is 31.4 Å². The topological polar surface area (TPSA) is 77.5 Å². The van der Waals surface area contributed by atoms with Gasteiger partial charge in [0, 0.05) is 6.92 Å². The van der Waals surface area contributed by atoms with Crippen LogP contribution in [0.2, 0.25) is 0 Å². The molecule has 0 radical (unpaired) electrons. The van der Waals surface area contributed by atoms with E-state index < -0.39 is 11.9 Å². The smallest absolute Gasteiger partial charge is 0.308 e. The number of fused-ring (bicyclic) bond motifs is 1. The first-order chi connectivity index (χ1) is 11.6. The van der Waals surface area contributed by atoms with Crippen LogP contribution in [0.15, 0.2) is 42.5 Å². The van der Waals surface area contributed by atoms with Gasteiger partial charge in [-0.05, 0) is 30.3 Å². The molecular formula is C17H14N2O4S. The second-order valence-electron chi connectivity index (χ2n) is 4.90. The summed E-state index contributed by atoms with van der Waals surface area (Å²) in [5.41, 5.74) is 1.04. The fourth-order valence-electron chi connectivity index (χ4n) is 2.15. The Balaban J connectivity index is 1.86. The number of carbonyl (C=O) groups is 2. The zero-order valence-electron chi connectivity index (χ0n) is 13.0. The van der Waals surface area contributed by atoms with Crippen LogP contribution in [-0.2, 0) is 4.79 Å². The highest BCUT2D eigenvalue weighted by molar-refractivity contribution is 7.22. The normalized spacial score (nSPS) is 10.4. The maximum atomic E-state index is 12.5. The number of ether oxygens (including phenoxy) is 2. The first-order valence-electron chi connectivity index (χ1n) is 7.10. The number of amides is 1. The third kappa shape index (κ3) is 3.36. The minimum absolute atomic E-state index is 0.213. The lowest BCUT2D eigenvalue weighted by molar-refractivity contribution is -0.131. The van der Waals surface area contributed by atoms with Crippen molar-refractivity contribution in [2.75, 3.05) is 12.4 Å². The van der Waals surface area contributed by atoms with Gasteiger partial charge in [0.05, 0.1) is 22.9 Å². The summed E-state index contributed by atoms with van der Waals surface area (Å²) < 4.78 is 11.1. The Labute approximate surface area is 142 Å². The third-order valence-corrected chi connectivity index (χ3v) is 4.14. The van der Waals surface area contributed by atoms with Crippen LogP contribution in [0.5, 0.6) is 11.5 Å². The maximum absolute atomic E-state index is 12.5. The summed E-state index contributed by atoms with van der Waals surface area (Å²) in [6, 6.07) is 12.0. The summed E-state index contributed by atoms with van der Waals surface area (Å²) in [6.45, 7) is 1.29. The van der Waals surface area contributed by atoms with Crippen LogP contribution < -0.4 is 14.8 Å². The van der Waals surface area contributed by atoms with Gasteiger partial charge in [-0.1, -0.05) is 23.5 Å². The van der Waals surface area contributed by atoms with Gasteiger partial charge in [-0.3, -0.25) is 14.9 Å². The van der Waals surface area contributed by atoms with Crippen LogP contribution in [0.3, 0.4) is 0 Å². The van der Waals surface area contributed by atoms with E-state index in [4.69, 9.17) is 9.47 Å². The Bertz CT molecular complexity index is 920. The molecule has 24 heavy (non-hydrogen) atoms. The molecule has 0 saturated carbocycles. The number of nitrogens with zero attached hydrogens (tertiary/aromatic N) is 1. The predicted molar refractivity (Wildman–Crippen MR) is 91.9 cm³/mol. The van der Waals surface area contributed by atoms with Crippen LogP contribution in [-0.4, -0.2) is 24.0 Å². The molecule has 0 aliphatic heterocycles. The number of hydrogen-bond donors (Lipinski definition) is 1. The molecule has 3 aromatic rings. The van der Waals surface area contributed by atoms with Crippen LogP contribution in [0.4, 0.5) is 5.13 Å². The van der Waals surface area contributed by atoms with E-state index in [1.807, 2.05) is 18.2 Å². The van der Waals surface area contributed by atoms with E-state index in [0.29, 0.717) is 5.13 Å². The second kappa shape index (κ2) is 6.67. The number of methoxy groups -OCH3 is 1. The summed E-state index contributed by atoms with van der Waals surface area (Å²) >= 11 is 1.34. The van der Waals surface area contributed by atoms with Crippen LogP contribution >= 0.6 is 11.3 Å². The lowest BCUT2D eigenvalue weighted by atomic mass is 10.2.